The van der Waals surface area contributed by atoms with E-state index in [1.165, 1.54) is 6.07 Å². The predicted octanol–water partition coefficient (Wildman–Crippen LogP) is 3.40. The Hall–Kier alpha value is -3.42. The highest BCUT2D eigenvalue weighted by Crippen LogP contribution is 2.33. The number of amidine groups is 1. The number of carbonyl (C=O) groups is 2. The second-order valence-electron chi connectivity index (χ2n) is 8.47. The maximum Gasteiger partial charge on any atom is 0.337 e. The second-order valence-corrected chi connectivity index (χ2v) is 8.47. The Morgan fingerprint density at radius 2 is 1.97 bits per heavy atom. The van der Waals surface area contributed by atoms with Gasteiger partial charge >= 0.3 is 12.0 Å². The lowest BCUT2D eigenvalue weighted by Gasteiger charge is -2.46. The summed E-state index contributed by atoms with van der Waals surface area (Å²) in [6.45, 7) is 7.25. The van der Waals surface area contributed by atoms with Gasteiger partial charge in [0.25, 0.3) is 0 Å². The van der Waals surface area contributed by atoms with Crippen molar-refractivity contribution in [3.05, 3.63) is 53.8 Å². The van der Waals surface area contributed by atoms with Crippen LogP contribution in [-0.2, 0) is 0 Å². The van der Waals surface area contributed by atoms with Gasteiger partial charge in [-0.25, -0.2) is 9.59 Å². The fourth-order valence-corrected chi connectivity index (χ4v) is 4.27. The van der Waals surface area contributed by atoms with Gasteiger partial charge < -0.3 is 20.2 Å². The summed E-state index contributed by atoms with van der Waals surface area (Å²) in [6, 6.07) is 6.07. The molecule has 2 aliphatic heterocycles. The van der Waals surface area contributed by atoms with Crippen LogP contribution in [0.25, 0.3) is 0 Å². The molecule has 0 aromatic heterocycles. The van der Waals surface area contributed by atoms with Crippen molar-refractivity contribution in [2.75, 3.05) is 18.4 Å². The number of piperazine rings is 1. The van der Waals surface area contributed by atoms with Gasteiger partial charge in [0.15, 0.2) is 0 Å². The van der Waals surface area contributed by atoms with E-state index in [0.29, 0.717) is 18.8 Å². The first-order chi connectivity index (χ1) is 14.8. The third-order valence-corrected chi connectivity index (χ3v) is 6.08. The number of aliphatic imine (C=N–C) groups is 2. The summed E-state index contributed by atoms with van der Waals surface area (Å²) in [6.07, 6.45) is 8.75. The highest BCUT2D eigenvalue weighted by Gasteiger charge is 2.37. The Balaban J connectivity index is 1.48. The number of aromatic carboxylic acids is 1. The summed E-state index contributed by atoms with van der Waals surface area (Å²) >= 11 is 0. The molecule has 3 atom stereocenters. The van der Waals surface area contributed by atoms with Crippen molar-refractivity contribution >= 4 is 29.7 Å². The first kappa shape index (κ1) is 20.8. The van der Waals surface area contributed by atoms with Crippen LogP contribution in [0.2, 0.25) is 0 Å². The Labute approximate surface area is 181 Å². The topological polar surface area (TPSA) is 97.6 Å². The normalized spacial score (nSPS) is 27.3. The first-order valence-electron chi connectivity index (χ1n) is 10.5. The Kier molecular flexibility index (Phi) is 5.39. The summed E-state index contributed by atoms with van der Waals surface area (Å²) < 4.78 is 0. The lowest BCUT2D eigenvalue weighted by atomic mass is 9.89. The molecule has 1 aliphatic carbocycles. The van der Waals surface area contributed by atoms with E-state index in [1.807, 2.05) is 25.3 Å². The average molecular weight is 422 g/mol. The summed E-state index contributed by atoms with van der Waals surface area (Å²) in [7, 11) is 0. The third-order valence-electron chi connectivity index (χ3n) is 6.08. The maximum absolute atomic E-state index is 13.0. The molecule has 0 saturated carbocycles. The van der Waals surface area contributed by atoms with Crippen molar-refractivity contribution < 1.29 is 14.7 Å². The number of benzene rings is 1. The van der Waals surface area contributed by atoms with Gasteiger partial charge in [0.1, 0.15) is 11.4 Å². The molecule has 0 bridgehead atoms. The minimum absolute atomic E-state index is 0.0372. The molecule has 4 rings (SSSR count). The zero-order chi connectivity index (χ0) is 22.2. The number of anilines is 1. The Bertz CT molecular complexity index is 1030. The van der Waals surface area contributed by atoms with Crippen LogP contribution in [0.3, 0.4) is 0 Å². The molecule has 1 aromatic carbocycles. The molecule has 1 aromatic rings. The molecule has 1 fully saturated rings. The minimum atomic E-state index is -1.07. The number of amides is 2. The zero-order valence-corrected chi connectivity index (χ0v) is 17.9. The van der Waals surface area contributed by atoms with Gasteiger partial charge in [-0.3, -0.25) is 9.98 Å². The number of rotatable bonds is 2. The van der Waals surface area contributed by atoms with Crippen LogP contribution in [0.1, 0.15) is 37.6 Å². The molecular formula is C23H27N5O3. The van der Waals surface area contributed by atoms with Crippen LogP contribution < -0.4 is 5.32 Å². The van der Waals surface area contributed by atoms with Gasteiger partial charge in [-0.05, 0) is 45.4 Å². The molecule has 2 heterocycles. The van der Waals surface area contributed by atoms with Crippen molar-refractivity contribution in [2.24, 2.45) is 9.98 Å². The number of nitrogens with zero attached hydrogens (tertiary/aromatic N) is 4. The fraction of sp³-hybridized carbons (Fsp3) is 0.391. The molecule has 8 heteroatoms. The van der Waals surface area contributed by atoms with Crippen molar-refractivity contribution in [3.63, 3.8) is 0 Å². The molecule has 3 aliphatic rings. The van der Waals surface area contributed by atoms with Crippen LogP contribution in [-0.4, -0.2) is 69.7 Å². The highest BCUT2D eigenvalue weighted by atomic mass is 16.4. The number of urea groups is 1. The van der Waals surface area contributed by atoms with E-state index in [4.69, 9.17) is 4.99 Å². The zero-order valence-electron chi connectivity index (χ0n) is 17.9. The lowest BCUT2D eigenvalue weighted by molar-refractivity contribution is 0.0698. The van der Waals surface area contributed by atoms with Crippen molar-refractivity contribution in [2.45, 2.75) is 44.8 Å². The van der Waals surface area contributed by atoms with E-state index in [0.717, 1.165) is 18.0 Å². The van der Waals surface area contributed by atoms with Crippen molar-refractivity contribution in [1.29, 1.82) is 0 Å². The second kappa shape index (κ2) is 8.02. The summed E-state index contributed by atoms with van der Waals surface area (Å²) in [5.74, 6) is -0.234. The predicted molar refractivity (Wildman–Crippen MR) is 121 cm³/mol. The molecule has 1 saturated heterocycles. The largest absolute Gasteiger partial charge is 0.478 e. The van der Waals surface area contributed by atoms with Crippen molar-refractivity contribution in [3.8, 4) is 0 Å². The van der Waals surface area contributed by atoms with E-state index in [9.17, 15) is 14.7 Å². The third kappa shape index (κ3) is 3.97. The Morgan fingerprint density at radius 1 is 1.19 bits per heavy atom. The lowest BCUT2D eigenvalue weighted by Crippen LogP contribution is -2.61. The summed E-state index contributed by atoms with van der Waals surface area (Å²) in [5, 5.41) is 12.1. The molecule has 2 N–H and O–H groups in total. The number of allylic oxidation sites excluding steroid dienone is 2. The van der Waals surface area contributed by atoms with E-state index >= 15 is 0 Å². The molecule has 2 amide bonds. The molecular weight excluding hydrogens is 394 g/mol. The van der Waals surface area contributed by atoms with Gasteiger partial charge in [-0.15, -0.1) is 0 Å². The van der Waals surface area contributed by atoms with Gasteiger partial charge in [0, 0.05) is 25.2 Å². The van der Waals surface area contributed by atoms with Crippen LogP contribution in [0.4, 0.5) is 10.5 Å². The number of carboxylic acid groups (broad SMARTS) is 1. The van der Waals surface area contributed by atoms with E-state index in [2.05, 4.69) is 35.1 Å². The number of carbonyl (C=O) groups excluding carboxylic acids is 1. The number of hydrogen-bond acceptors (Lipinski definition) is 5. The Morgan fingerprint density at radius 3 is 2.74 bits per heavy atom. The first-order valence-corrected chi connectivity index (χ1v) is 10.5. The average Bonchev–Trinajstić information content (AvgIpc) is 2.74. The summed E-state index contributed by atoms with van der Waals surface area (Å²) in [4.78, 5) is 38.0. The maximum atomic E-state index is 13.0. The van der Waals surface area contributed by atoms with Crippen LogP contribution in [0, 0.1) is 0 Å². The van der Waals surface area contributed by atoms with Crippen LogP contribution in [0.15, 0.2) is 58.2 Å². The SMILES string of the molecule is C[C@@H]1CN(C2=NC3(C)CC=CC=C3N=C2)[C@@H](C)CN1C(=O)Nc1ccccc1C(=O)O. The van der Waals surface area contributed by atoms with Crippen LogP contribution in [0.5, 0.6) is 0 Å². The minimum Gasteiger partial charge on any atom is -0.478 e. The van der Waals surface area contributed by atoms with Gasteiger partial charge in [-0.2, -0.15) is 0 Å². The monoisotopic (exact) mass is 421 g/mol. The van der Waals surface area contributed by atoms with E-state index < -0.39 is 5.97 Å². The van der Waals surface area contributed by atoms with Crippen molar-refractivity contribution in [1.82, 2.24) is 9.80 Å². The number of para-hydroxylation sites is 1. The van der Waals surface area contributed by atoms with E-state index in [-0.39, 0.29) is 29.2 Å². The molecule has 0 spiro atoms. The van der Waals surface area contributed by atoms with Crippen LogP contribution >= 0.6 is 0 Å². The highest BCUT2D eigenvalue weighted by molar-refractivity contribution is 6.30. The quantitative estimate of drug-likeness (QED) is 0.765. The fourth-order valence-electron chi connectivity index (χ4n) is 4.27. The number of carboxylic acids is 1. The number of hydrogen-bond donors (Lipinski definition) is 2. The number of nitrogens with one attached hydrogen (secondary N) is 1. The number of fused-ring (bicyclic) bond motifs is 1. The van der Waals surface area contributed by atoms with E-state index in [1.54, 1.807) is 23.1 Å². The van der Waals surface area contributed by atoms with Gasteiger partial charge in [0.2, 0.25) is 0 Å². The molecule has 1 unspecified atom stereocenters. The standard InChI is InChI=1S/C23H27N5O3/c1-15-14-28(22(31)25-18-9-5-4-8-17(18)21(29)30)16(2)13-27(15)20-12-24-19-10-6-7-11-23(19,3)26-20/h4-10,12,15-16H,11,13-14H2,1-3H3,(H,25,31)(H,29,30)/t15-,16+,23?/m0/s1. The van der Waals surface area contributed by atoms with Gasteiger partial charge in [0.05, 0.1) is 23.2 Å². The molecule has 0 radical (unpaired) electrons. The summed E-state index contributed by atoms with van der Waals surface area (Å²) in [5.41, 5.74) is 0.983. The van der Waals surface area contributed by atoms with Gasteiger partial charge in [-0.1, -0.05) is 24.3 Å². The molecule has 162 valence electrons. The smallest absolute Gasteiger partial charge is 0.337 e. The molecule has 31 heavy (non-hydrogen) atoms. The molecule has 8 nitrogen and oxygen atoms in total.